The van der Waals surface area contributed by atoms with Crippen LogP contribution in [0.5, 0.6) is 0 Å². The molecule has 0 aromatic carbocycles. The smallest absolute Gasteiger partial charge is 0.291 e. The summed E-state index contributed by atoms with van der Waals surface area (Å²) in [6.07, 6.45) is 0.567. The number of rotatable bonds is 8. The van der Waals surface area contributed by atoms with Gasteiger partial charge >= 0.3 is 0 Å². The molecule has 0 unspecified atom stereocenters. The molecule has 14 heavy (non-hydrogen) atoms. The summed E-state index contributed by atoms with van der Waals surface area (Å²) < 4.78 is 15.3. The lowest BCUT2D eigenvalue weighted by molar-refractivity contribution is -0.336. The number of hydrogen-bond donors (Lipinski definition) is 0. The number of thioether (sulfide) groups is 1. The number of carbonyl (C=O) groups excluding carboxylic acids is 1. The SMILES string of the molecule is COC(CSCCC(C)=O)(OC)OC. The Bertz CT molecular complexity index is 160. The van der Waals surface area contributed by atoms with Crippen molar-refractivity contribution in [2.75, 3.05) is 32.8 Å². The number of ether oxygens (including phenoxy) is 3. The molecule has 0 rings (SSSR count). The number of ketones is 1. The average Bonchev–Trinajstić information content (AvgIpc) is 2.19. The van der Waals surface area contributed by atoms with Gasteiger partial charge in [0.15, 0.2) is 0 Å². The van der Waals surface area contributed by atoms with Crippen LogP contribution in [0.4, 0.5) is 0 Å². The van der Waals surface area contributed by atoms with Crippen LogP contribution >= 0.6 is 11.8 Å². The lowest BCUT2D eigenvalue weighted by Gasteiger charge is -2.28. The lowest BCUT2D eigenvalue weighted by atomic mass is 10.4. The van der Waals surface area contributed by atoms with Gasteiger partial charge in [0.1, 0.15) is 5.78 Å². The molecule has 84 valence electrons. The first-order chi connectivity index (χ1) is 6.60. The van der Waals surface area contributed by atoms with Crippen LogP contribution in [0.1, 0.15) is 13.3 Å². The second-order valence-corrected chi connectivity index (χ2v) is 3.91. The number of hydrogen-bond acceptors (Lipinski definition) is 5. The monoisotopic (exact) mass is 222 g/mol. The zero-order valence-electron chi connectivity index (χ0n) is 9.16. The molecule has 0 atom stereocenters. The Morgan fingerprint density at radius 2 is 1.71 bits per heavy atom. The Morgan fingerprint density at radius 3 is 2.07 bits per heavy atom. The largest absolute Gasteiger partial charge is 0.330 e. The molecular weight excluding hydrogens is 204 g/mol. The molecule has 0 radical (unpaired) electrons. The van der Waals surface area contributed by atoms with Gasteiger partial charge in [0.25, 0.3) is 5.97 Å². The average molecular weight is 222 g/mol. The minimum atomic E-state index is -0.985. The van der Waals surface area contributed by atoms with Crippen molar-refractivity contribution in [3.63, 3.8) is 0 Å². The van der Waals surface area contributed by atoms with Crippen molar-refractivity contribution >= 4 is 17.5 Å². The van der Waals surface area contributed by atoms with E-state index in [0.717, 1.165) is 5.75 Å². The van der Waals surface area contributed by atoms with Gasteiger partial charge in [0.2, 0.25) is 0 Å². The molecule has 0 aliphatic rings. The van der Waals surface area contributed by atoms with Crippen molar-refractivity contribution in [3.05, 3.63) is 0 Å². The normalized spacial score (nSPS) is 11.7. The standard InChI is InChI=1S/C9H18O4S/c1-8(10)5-6-14-7-9(11-2,12-3)13-4/h5-7H2,1-4H3. The predicted octanol–water partition coefficient (Wildman–Crippen LogP) is 1.29. The molecule has 5 heteroatoms. The molecule has 4 nitrogen and oxygen atoms in total. The van der Waals surface area contributed by atoms with Crippen molar-refractivity contribution in [2.24, 2.45) is 0 Å². The molecule has 0 aliphatic carbocycles. The molecule has 0 aliphatic heterocycles. The molecular formula is C9H18O4S. The third-order valence-electron chi connectivity index (χ3n) is 1.81. The van der Waals surface area contributed by atoms with Crippen molar-refractivity contribution in [3.8, 4) is 0 Å². The molecule has 0 N–H and O–H groups in total. The molecule has 0 saturated heterocycles. The van der Waals surface area contributed by atoms with Gasteiger partial charge in [-0.2, -0.15) is 11.8 Å². The summed E-state index contributed by atoms with van der Waals surface area (Å²) in [5.74, 6) is 0.508. The first-order valence-corrected chi connectivity index (χ1v) is 5.48. The van der Waals surface area contributed by atoms with Gasteiger partial charge in [-0.1, -0.05) is 0 Å². The lowest BCUT2D eigenvalue weighted by Crippen LogP contribution is -2.38. The summed E-state index contributed by atoms with van der Waals surface area (Å²) in [5.41, 5.74) is 0. The second kappa shape index (κ2) is 7.23. The molecule has 0 amide bonds. The second-order valence-electron chi connectivity index (χ2n) is 2.80. The summed E-state index contributed by atoms with van der Waals surface area (Å²) in [6, 6.07) is 0. The van der Waals surface area contributed by atoms with Crippen LogP contribution in [-0.2, 0) is 19.0 Å². The summed E-state index contributed by atoms with van der Waals surface area (Å²) in [6.45, 7) is 1.58. The molecule has 0 aromatic rings. The Labute approximate surface area is 89.3 Å². The van der Waals surface area contributed by atoms with E-state index >= 15 is 0 Å². The Kier molecular flexibility index (Phi) is 7.17. The van der Waals surface area contributed by atoms with E-state index in [2.05, 4.69) is 0 Å². The van der Waals surface area contributed by atoms with Gasteiger partial charge in [-0.15, -0.1) is 0 Å². The van der Waals surface area contributed by atoms with Gasteiger partial charge in [-0.25, -0.2) is 0 Å². The Balaban J connectivity index is 3.77. The number of Topliss-reactive ketones (excluding diaryl/α,β-unsaturated/α-hetero) is 1. The zero-order valence-corrected chi connectivity index (χ0v) is 9.98. The van der Waals surface area contributed by atoms with Gasteiger partial charge in [0, 0.05) is 33.5 Å². The highest BCUT2D eigenvalue weighted by atomic mass is 32.2. The van der Waals surface area contributed by atoms with E-state index in [1.165, 1.54) is 21.3 Å². The highest BCUT2D eigenvalue weighted by Gasteiger charge is 2.29. The number of methoxy groups -OCH3 is 3. The maximum Gasteiger partial charge on any atom is 0.291 e. The van der Waals surface area contributed by atoms with E-state index in [1.54, 1.807) is 18.7 Å². The highest BCUT2D eigenvalue weighted by molar-refractivity contribution is 7.99. The van der Waals surface area contributed by atoms with Crippen LogP contribution in [-0.4, -0.2) is 44.6 Å². The topological polar surface area (TPSA) is 44.8 Å². The zero-order chi connectivity index (χ0) is 11.0. The molecule has 0 aromatic heterocycles. The van der Waals surface area contributed by atoms with Crippen molar-refractivity contribution < 1.29 is 19.0 Å². The minimum Gasteiger partial charge on any atom is -0.330 e. The van der Waals surface area contributed by atoms with E-state index in [9.17, 15) is 4.79 Å². The molecule has 0 saturated carbocycles. The minimum absolute atomic E-state index is 0.190. The van der Waals surface area contributed by atoms with Gasteiger partial charge in [-0.05, 0) is 6.92 Å². The van der Waals surface area contributed by atoms with Crippen LogP contribution < -0.4 is 0 Å². The fraction of sp³-hybridized carbons (Fsp3) is 0.889. The third-order valence-corrected chi connectivity index (χ3v) is 2.86. The van der Waals surface area contributed by atoms with Crippen LogP contribution in [0.25, 0.3) is 0 Å². The van der Waals surface area contributed by atoms with E-state index < -0.39 is 5.97 Å². The van der Waals surface area contributed by atoms with Gasteiger partial charge in [0.05, 0.1) is 5.75 Å². The molecule has 0 heterocycles. The first kappa shape index (κ1) is 13.9. The maximum atomic E-state index is 10.7. The number of carbonyl (C=O) groups is 1. The fourth-order valence-corrected chi connectivity index (χ4v) is 2.02. The van der Waals surface area contributed by atoms with Crippen molar-refractivity contribution in [1.82, 2.24) is 0 Å². The quantitative estimate of drug-likeness (QED) is 0.457. The summed E-state index contributed by atoms with van der Waals surface area (Å²) in [7, 11) is 4.58. The van der Waals surface area contributed by atoms with E-state index in [4.69, 9.17) is 14.2 Å². The van der Waals surface area contributed by atoms with Crippen molar-refractivity contribution in [2.45, 2.75) is 19.3 Å². The van der Waals surface area contributed by atoms with E-state index in [1.807, 2.05) is 0 Å². The third kappa shape index (κ3) is 4.95. The first-order valence-electron chi connectivity index (χ1n) is 4.33. The van der Waals surface area contributed by atoms with Gasteiger partial charge < -0.3 is 14.2 Å². The Hall–Kier alpha value is -0.100. The van der Waals surface area contributed by atoms with Crippen LogP contribution in [0.2, 0.25) is 0 Å². The van der Waals surface area contributed by atoms with Gasteiger partial charge in [-0.3, -0.25) is 4.79 Å². The molecule has 0 spiro atoms. The molecule has 0 fully saturated rings. The summed E-state index contributed by atoms with van der Waals surface area (Å²) >= 11 is 1.57. The highest BCUT2D eigenvalue weighted by Crippen LogP contribution is 2.19. The predicted molar refractivity (Wildman–Crippen MR) is 56.4 cm³/mol. The van der Waals surface area contributed by atoms with E-state index in [-0.39, 0.29) is 5.78 Å². The summed E-state index contributed by atoms with van der Waals surface area (Å²) in [5, 5.41) is 0. The fourth-order valence-electron chi connectivity index (χ4n) is 0.840. The van der Waals surface area contributed by atoms with Crippen LogP contribution in [0, 0.1) is 0 Å². The van der Waals surface area contributed by atoms with Crippen molar-refractivity contribution in [1.29, 1.82) is 0 Å². The summed E-state index contributed by atoms with van der Waals surface area (Å²) in [4.78, 5) is 10.7. The van der Waals surface area contributed by atoms with Crippen LogP contribution in [0.3, 0.4) is 0 Å². The maximum absolute atomic E-state index is 10.7. The molecule has 0 bridgehead atoms. The Morgan fingerprint density at radius 1 is 1.21 bits per heavy atom. The van der Waals surface area contributed by atoms with E-state index in [0.29, 0.717) is 12.2 Å². The van der Waals surface area contributed by atoms with Crippen LogP contribution in [0.15, 0.2) is 0 Å².